The van der Waals surface area contributed by atoms with Gasteiger partial charge in [0, 0.05) is 17.4 Å². The van der Waals surface area contributed by atoms with Crippen LogP contribution >= 0.6 is 11.3 Å². The fraction of sp³-hybridized carbons (Fsp3) is 0.261. The third kappa shape index (κ3) is 3.45. The van der Waals surface area contributed by atoms with Crippen molar-refractivity contribution in [1.29, 1.82) is 0 Å². The predicted molar refractivity (Wildman–Crippen MR) is 117 cm³/mol. The summed E-state index contributed by atoms with van der Waals surface area (Å²) in [7, 11) is 1.30. The van der Waals surface area contributed by atoms with E-state index in [4.69, 9.17) is 9.40 Å². The van der Waals surface area contributed by atoms with E-state index in [2.05, 4.69) is 30.7 Å². The van der Waals surface area contributed by atoms with Crippen LogP contribution in [0.5, 0.6) is 0 Å². The average Bonchev–Trinajstić information content (AvgIpc) is 3.38. The molecule has 0 fully saturated rings. The molecule has 0 aliphatic rings. The van der Waals surface area contributed by atoms with Crippen LogP contribution in [0.1, 0.15) is 40.2 Å². The molecule has 4 rings (SSSR count). The quantitative estimate of drug-likeness (QED) is 0.435. The van der Waals surface area contributed by atoms with E-state index >= 15 is 0 Å². The van der Waals surface area contributed by atoms with Crippen LogP contribution in [0.4, 0.5) is 0 Å². The molecule has 154 valence electrons. The van der Waals surface area contributed by atoms with Crippen LogP contribution in [-0.2, 0) is 17.7 Å². The number of aromatic nitrogens is 2. The monoisotopic (exact) mass is 422 g/mol. The lowest BCUT2D eigenvalue weighted by Crippen LogP contribution is -2.25. The molecule has 3 aromatic heterocycles. The number of thiophene rings is 1. The predicted octanol–water partition coefficient (Wildman–Crippen LogP) is 4.73. The molecule has 1 aromatic carbocycles. The lowest BCUT2D eigenvalue weighted by Gasteiger charge is -2.11. The Bertz CT molecular complexity index is 1310. The number of hydrogen-bond acceptors (Lipinski definition) is 6. The van der Waals surface area contributed by atoms with Crippen molar-refractivity contribution in [3.63, 3.8) is 0 Å². The van der Waals surface area contributed by atoms with Gasteiger partial charge in [-0.2, -0.15) is 0 Å². The Labute approximate surface area is 177 Å². The van der Waals surface area contributed by atoms with E-state index in [0.29, 0.717) is 23.4 Å². The van der Waals surface area contributed by atoms with Gasteiger partial charge in [-0.3, -0.25) is 9.36 Å². The zero-order valence-electron chi connectivity index (χ0n) is 17.3. The lowest BCUT2D eigenvalue weighted by atomic mass is 10.0. The first-order chi connectivity index (χ1) is 14.4. The Morgan fingerprint density at radius 2 is 2.00 bits per heavy atom. The van der Waals surface area contributed by atoms with Crippen LogP contribution < -0.4 is 5.56 Å². The number of methoxy groups -OCH3 is 1. The molecule has 0 amide bonds. The minimum Gasteiger partial charge on any atom is -0.463 e. The minimum atomic E-state index is -0.548. The largest absolute Gasteiger partial charge is 0.463 e. The number of hydrogen-bond donors (Lipinski definition) is 0. The topological polar surface area (TPSA) is 74.3 Å². The number of benzene rings is 1. The van der Waals surface area contributed by atoms with Gasteiger partial charge in [-0.15, -0.1) is 11.3 Å². The maximum Gasteiger partial charge on any atom is 0.373 e. The molecule has 0 atom stereocenters. The Hall–Kier alpha value is -3.19. The Morgan fingerprint density at radius 3 is 2.70 bits per heavy atom. The third-order valence-electron chi connectivity index (χ3n) is 5.27. The van der Waals surface area contributed by atoms with E-state index in [1.165, 1.54) is 29.6 Å². The summed E-state index contributed by atoms with van der Waals surface area (Å²) in [5.74, 6) is 0.736. The molecule has 30 heavy (non-hydrogen) atoms. The second-order valence-corrected chi connectivity index (χ2v) is 8.02. The van der Waals surface area contributed by atoms with Crippen molar-refractivity contribution in [3.8, 4) is 11.1 Å². The number of esters is 1. The number of carbonyl (C=O) groups is 1. The van der Waals surface area contributed by atoms with Crippen LogP contribution in [0.2, 0.25) is 0 Å². The molecule has 0 N–H and O–H groups in total. The highest BCUT2D eigenvalue weighted by molar-refractivity contribution is 7.17. The smallest absolute Gasteiger partial charge is 0.373 e. The Balaban J connectivity index is 1.84. The van der Waals surface area contributed by atoms with Gasteiger partial charge in [0.15, 0.2) is 0 Å². The summed E-state index contributed by atoms with van der Waals surface area (Å²) >= 11 is 1.48. The minimum absolute atomic E-state index is 0.109. The molecule has 0 bridgehead atoms. The van der Waals surface area contributed by atoms with Gasteiger partial charge in [-0.25, -0.2) is 9.78 Å². The summed E-state index contributed by atoms with van der Waals surface area (Å²) in [4.78, 5) is 30.7. The molecule has 0 aliphatic heterocycles. The number of ether oxygens (including phenoxy) is 1. The molecular weight excluding hydrogens is 400 g/mol. The summed E-state index contributed by atoms with van der Waals surface area (Å²) in [5, 5.41) is 2.61. The third-order valence-corrected chi connectivity index (χ3v) is 6.14. The van der Waals surface area contributed by atoms with Crippen LogP contribution in [0.25, 0.3) is 21.3 Å². The van der Waals surface area contributed by atoms with Crippen molar-refractivity contribution in [1.82, 2.24) is 9.55 Å². The van der Waals surface area contributed by atoms with Crippen molar-refractivity contribution in [2.24, 2.45) is 0 Å². The maximum atomic E-state index is 13.5. The van der Waals surface area contributed by atoms with Crippen LogP contribution in [0.3, 0.4) is 0 Å². The zero-order chi connectivity index (χ0) is 21.4. The first-order valence-electron chi connectivity index (χ1n) is 9.68. The zero-order valence-corrected chi connectivity index (χ0v) is 18.1. The molecule has 0 saturated heterocycles. The van der Waals surface area contributed by atoms with Crippen molar-refractivity contribution >= 4 is 27.5 Å². The Kier molecular flexibility index (Phi) is 5.30. The van der Waals surface area contributed by atoms with E-state index in [-0.39, 0.29) is 17.9 Å². The van der Waals surface area contributed by atoms with Gasteiger partial charge < -0.3 is 9.15 Å². The van der Waals surface area contributed by atoms with E-state index in [1.54, 1.807) is 16.7 Å². The van der Waals surface area contributed by atoms with Gasteiger partial charge in [-0.1, -0.05) is 25.1 Å². The van der Waals surface area contributed by atoms with E-state index in [0.717, 1.165) is 16.0 Å². The second-order valence-electron chi connectivity index (χ2n) is 7.16. The van der Waals surface area contributed by atoms with Crippen molar-refractivity contribution < 1.29 is 13.9 Å². The highest BCUT2D eigenvalue weighted by Gasteiger charge is 2.18. The van der Waals surface area contributed by atoms with Gasteiger partial charge in [0.25, 0.3) is 5.56 Å². The van der Waals surface area contributed by atoms with Crippen LogP contribution in [0.15, 0.2) is 44.9 Å². The first-order valence-corrected chi connectivity index (χ1v) is 10.6. The van der Waals surface area contributed by atoms with E-state index in [9.17, 15) is 9.59 Å². The maximum absolute atomic E-state index is 13.5. The standard InChI is InChI=1S/C23H22N2O4S/c1-5-19-24-21-20(17(12-30-21)15-7-6-13(2)14(3)10-15)22(26)25(19)11-16-8-9-18(29-16)23(27)28-4/h6-10,12H,5,11H2,1-4H3. The molecule has 0 aliphatic carbocycles. The molecule has 0 spiro atoms. The number of rotatable bonds is 5. The van der Waals surface area contributed by atoms with Gasteiger partial charge >= 0.3 is 5.97 Å². The number of fused-ring (bicyclic) bond motifs is 1. The fourth-order valence-corrected chi connectivity index (χ4v) is 4.41. The molecule has 7 heteroatoms. The van der Waals surface area contributed by atoms with Crippen molar-refractivity contribution in [3.05, 3.63) is 74.5 Å². The van der Waals surface area contributed by atoms with Gasteiger partial charge in [0.2, 0.25) is 5.76 Å². The molecule has 3 heterocycles. The highest BCUT2D eigenvalue weighted by atomic mass is 32.1. The van der Waals surface area contributed by atoms with Crippen molar-refractivity contribution in [2.45, 2.75) is 33.7 Å². The molecule has 0 saturated carbocycles. The van der Waals surface area contributed by atoms with Crippen LogP contribution in [-0.4, -0.2) is 22.6 Å². The number of nitrogens with zero attached hydrogens (tertiary/aromatic N) is 2. The lowest BCUT2D eigenvalue weighted by molar-refractivity contribution is 0.0563. The molecule has 0 unspecified atom stereocenters. The number of aryl methyl sites for hydroxylation is 3. The molecule has 6 nitrogen and oxygen atoms in total. The molecule has 0 radical (unpaired) electrons. The van der Waals surface area contributed by atoms with Gasteiger partial charge in [0.05, 0.1) is 19.0 Å². The first kappa shape index (κ1) is 20.1. The number of carbonyl (C=O) groups excluding carboxylic acids is 1. The highest BCUT2D eigenvalue weighted by Crippen LogP contribution is 2.32. The summed E-state index contributed by atoms with van der Waals surface area (Å²) in [5.41, 5.74) is 4.17. The molecular formula is C23H22N2O4S. The van der Waals surface area contributed by atoms with E-state index < -0.39 is 5.97 Å². The SMILES string of the molecule is CCc1nc2scc(-c3ccc(C)c(C)c3)c2c(=O)n1Cc1ccc(C(=O)OC)o1. The van der Waals surface area contributed by atoms with Gasteiger partial charge in [0.1, 0.15) is 16.4 Å². The van der Waals surface area contributed by atoms with Gasteiger partial charge in [-0.05, 0) is 42.7 Å². The molecule has 4 aromatic rings. The van der Waals surface area contributed by atoms with E-state index in [1.807, 2.05) is 18.4 Å². The van der Waals surface area contributed by atoms with Crippen molar-refractivity contribution in [2.75, 3.05) is 7.11 Å². The summed E-state index contributed by atoms with van der Waals surface area (Å²) in [6.45, 7) is 6.29. The average molecular weight is 423 g/mol. The number of furan rings is 1. The summed E-state index contributed by atoms with van der Waals surface area (Å²) in [6, 6.07) is 9.44. The fourth-order valence-electron chi connectivity index (χ4n) is 3.45. The Morgan fingerprint density at radius 1 is 1.20 bits per heavy atom. The summed E-state index contributed by atoms with van der Waals surface area (Å²) < 4.78 is 11.9. The summed E-state index contributed by atoms with van der Waals surface area (Å²) in [6.07, 6.45) is 0.604. The normalized spacial score (nSPS) is 11.2. The van der Waals surface area contributed by atoms with Crippen LogP contribution in [0, 0.1) is 13.8 Å². The second kappa shape index (κ2) is 7.91.